The Morgan fingerprint density at radius 3 is 2.69 bits per heavy atom. The van der Waals surface area contributed by atoms with Crippen molar-refractivity contribution < 1.29 is 9.53 Å². The van der Waals surface area contributed by atoms with Crippen LogP contribution in [-0.2, 0) is 9.53 Å². The number of ether oxygens (including phenoxy) is 1. The van der Waals surface area contributed by atoms with E-state index in [1.165, 1.54) is 0 Å². The fraction of sp³-hybridized carbons (Fsp3) is 0.364. The fourth-order valence-electron chi connectivity index (χ4n) is 1.29. The Hall–Kier alpha value is -0.330. The van der Waals surface area contributed by atoms with Crippen molar-refractivity contribution in [3.63, 3.8) is 0 Å². The lowest BCUT2D eigenvalue weighted by Crippen LogP contribution is -2.18. The molecule has 0 aliphatic carbocycles. The maximum atomic E-state index is 11.2. The van der Waals surface area contributed by atoms with Crippen LogP contribution in [0.4, 0.5) is 0 Å². The minimum atomic E-state index is -0.280. The SMILES string of the molecule is CCOC(=O)C[C@H](N)c1ccccc1I.Cl. The molecule has 0 aromatic heterocycles. The van der Waals surface area contributed by atoms with Crippen LogP contribution in [0.1, 0.15) is 24.9 Å². The minimum Gasteiger partial charge on any atom is -0.466 e. The van der Waals surface area contributed by atoms with Crippen molar-refractivity contribution in [1.29, 1.82) is 0 Å². The summed E-state index contributed by atoms with van der Waals surface area (Å²) >= 11 is 2.21. The summed E-state index contributed by atoms with van der Waals surface area (Å²) < 4.78 is 5.93. The molecule has 0 saturated carbocycles. The summed E-state index contributed by atoms with van der Waals surface area (Å²) in [6, 6.07) is 7.49. The van der Waals surface area contributed by atoms with Gasteiger partial charge in [-0.15, -0.1) is 12.4 Å². The summed E-state index contributed by atoms with van der Waals surface area (Å²) in [5.74, 6) is -0.246. The maximum absolute atomic E-state index is 11.2. The lowest BCUT2D eigenvalue weighted by atomic mass is 10.1. The molecule has 0 fully saturated rings. The Morgan fingerprint density at radius 2 is 2.12 bits per heavy atom. The third-order valence-electron chi connectivity index (χ3n) is 2.00. The number of halogens is 2. The van der Waals surface area contributed by atoms with Gasteiger partial charge in [-0.05, 0) is 41.1 Å². The molecule has 1 aromatic rings. The van der Waals surface area contributed by atoms with Crippen molar-refractivity contribution in [2.75, 3.05) is 6.61 Å². The molecule has 0 bridgehead atoms. The third-order valence-corrected chi connectivity index (χ3v) is 2.98. The summed E-state index contributed by atoms with van der Waals surface area (Å²) in [4.78, 5) is 11.2. The smallest absolute Gasteiger partial charge is 0.307 e. The van der Waals surface area contributed by atoms with Crippen LogP contribution in [-0.4, -0.2) is 12.6 Å². The van der Waals surface area contributed by atoms with E-state index in [0.717, 1.165) is 9.13 Å². The van der Waals surface area contributed by atoms with Crippen LogP contribution in [0.5, 0.6) is 0 Å². The van der Waals surface area contributed by atoms with Crippen LogP contribution in [0.2, 0.25) is 0 Å². The van der Waals surface area contributed by atoms with Crippen molar-refractivity contribution in [2.24, 2.45) is 5.73 Å². The molecule has 1 rings (SSSR count). The number of carbonyl (C=O) groups excluding carboxylic acids is 1. The first-order chi connectivity index (χ1) is 7.15. The average Bonchev–Trinajstić information content (AvgIpc) is 2.18. The molecule has 0 spiro atoms. The number of rotatable bonds is 4. The first-order valence-corrected chi connectivity index (χ1v) is 5.88. The van der Waals surface area contributed by atoms with E-state index in [1.807, 2.05) is 24.3 Å². The van der Waals surface area contributed by atoms with Gasteiger partial charge in [-0.25, -0.2) is 0 Å². The lowest BCUT2D eigenvalue weighted by molar-refractivity contribution is -0.143. The highest BCUT2D eigenvalue weighted by Gasteiger charge is 2.14. The second kappa shape index (κ2) is 7.86. The highest BCUT2D eigenvalue weighted by atomic mass is 127. The summed E-state index contributed by atoms with van der Waals surface area (Å²) in [5.41, 5.74) is 6.91. The summed E-state index contributed by atoms with van der Waals surface area (Å²) in [7, 11) is 0. The zero-order valence-electron chi connectivity index (χ0n) is 8.98. The van der Waals surface area contributed by atoms with Gasteiger partial charge < -0.3 is 10.5 Å². The van der Waals surface area contributed by atoms with E-state index in [1.54, 1.807) is 6.92 Å². The molecule has 1 atom stereocenters. The number of nitrogens with two attached hydrogens (primary N) is 1. The van der Waals surface area contributed by atoms with Gasteiger partial charge in [-0.3, -0.25) is 4.79 Å². The van der Waals surface area contributed by atoms with Crippen LogP contribution in [0.25, 0.3) is 0 Å². The molecule has 16 heavy (non-hydrogen) atoms. The van der Waals surface area contributed by atoms with Gasteiger partial charge in [-0.2, -0.15) is 0 Å². The molecule has 0 radical (unpaired) electrons. The molecule has 0 aliphatic heterocycles. The Balaban J connectivity index is 0.00000225. The number of carbonyl (C=O) groups is 1. The van der Waals surface area contributed by atoms with Gasteiger partial charge >= 0.3 is 5.97 Å². The predicted molar refractivity (Wildman–Crippen MR) is 74.6 cm³/mol. The average molecular weight is 356 g/mol. The van der Waals surface area contributed by atoms with Gasteiger partial charge in [0.15, 0.2) is 0 Å². The highest BCUT2D eigenvalue weighted by molar-refractivity contribution is 14.1. The standard InChI is InChI=1S/C11H14INO2.ClH/c1-2-15-11(14)7-10(13)8-5-3-4-6-9(8)12;/h3-6,10H,2,7,13H2,1H3;1H/t10-;/m0./s1. The molecule has 90 valence electrons. The largest absolute Gasteiger partial charge is 0.466 e. The van der Waals surface area contributed by atoms with E-state index < -0.39 is 0 Å². The second-order valence-corrected chi connectivity index (χ2v) is 4.30. The number of hydrogen-bond acceptors (Lipinski definition) is 3. The van der Waals surface area contributed by atoms with E-state index in [0.29, 0.717) is 6.61 Å². The Bertz CT molecular complexity index is 347. The van der Waals surface area contributed by atoms with Crippen molar-refractivity contribution in [2.45, 2.75) is 19.4 Å². The fourth-order valence-corrected chi connectivity index (χ4v) is 2.07. The second-order valence-electron chi connectivity index (χ2n) is 3.14. The first kappa shape index (κ1) is 15.7. The quantitative estimate of drug-likeness (QED) is 0.667. The Labute approximate surface area is 115 Å². The van der Waals surface area contributed by atoms with E-state index in [4.69, 9.17) is 10.5 Å². The molecule has 1 aromatic carbocycles. The van der Waals surface area contributed by atoms with Gasteiger partial charge in [0.1, 0.15) is 0 Å². The van der Waals surface area contributed by atoms with Crippen LogP contribution >= 0.6 is 35.0 Å². The number of esters is 1. The first-order valence-electron chi connectivity index (χ1n) is 4.80. The molecule has 5 heteroatoms. The van der Waals surface area contributed by atoms with E-state index in [9.17, 15) is 4.79 Å². The van der Waals surface area contributed by atoms with Crippen molar-refractivity contribution >= 4 is 41.0 Å². The van der Waals surface area contributed by atoms with Gasteiger partial charge in [-0.1, -0.05) is 18.2 Å². The van der Waals surface area contributed by atoms with Crippen molar-refractivity contribution in [3.05, 3.63) is 33.4 Å². The van der Waals surface area contributed by atoms with Gasteiger partial charge in [0.05, 0.1) is 13.0 Å². The van der Waals surface area contributed by atoms with Crippen molar-refractivity contribution in [3.8, 4) is 0 Å². The van der Waals surface area contributed by atoms with Crippen LogP contribution < -0.4 is 5.73 Å². The molecule has 0 unspecified atom stereocenters. The summed E-state index contributed by atoms with van der Waals surface area (Å²) in [6.07, 6.45) is 0.230. The minimum absolute atomic E-state index is 0. The zero-order chi connectivity index (χ0) is 11.3. The summed E-state index contributed by atoms with van der Waals surface area (Å²) in [6.45, 7) is 2.19. The molecule has 0 aliphatic rings. The monoisotopic (exact) mass is 355 g/mol. The molecule has 0 heterocycles. The molecular weight excluding hydrogens is 340 g/mol. The van der Waals surface area contributed by atoms with Gasteiger partial charge in [0, 0.05) is 9.61 Å². The molecule has 0 amide bonds. The van der Waals surface area contributed by atoms with Crippen LogP contribution in [0.15, 0.2) is 24.3 Å². The molecule has 0 saturated heterocycles. The predicted octanol–water partition coefficient (Wildman–Crippen LogP) is 2.67. The zero-order valence-corrected chi connectivity index (χ0v) is 12.0. The van der Waals surface area contributed by atoms with E-state index in [2.05, 4.69) is 22.6 Å². The van der Waals surface area contributed by atoms with E-state index in [-0.39, 0.29) is 30.8 Å². The molecule has 3 nitrogen and oxygen atoms in total. The summed E-state index contributed by atoms with van der Waals surface area (Å²) in [5, 5.41) is 0. The Morgan fingerprint density at radius 1 is 1.50 bits per heavy atom. The van der Waals surface area contributed by atoms with Gasteiger partial charge in [0.2, 0.25) is 0 Å². The highest BCUT2D eigenvalue weighted by Crippen LogP contribution is 2.20. The lowest BCUT2D eigenvalue weighted by Gasteiger charge is -2.12. The normalized spacial score (nSPS) is 11.4. The van der Waals surface area contributed by atoms with Crippen LogP contribution in [0, 0.1) is 3.57 Å². The topological polar surface area (TPSA) is 52.3 Å². The Kier molecular flexibility index (Phi) is 7.70. The molecule has 2 N–H and O–H groups in total. The molecular formula is C11H15ClINO2. The number of benzene rings is 1. The van der Waals surface area contributed by atoms with Crippen LogP contribution in [0.3, 0.4) is 0 Å². The number of hydrogen-bond donors (Lipinski definition) is 1. The van der Waals surface area contributed by atoms with E-state index >= 15 is 0 Å². The third kappa shape index (κ3) is 4.67. The van der Waals surface area contributed by atoms with Crippen molar-refractivity contribution in [1.82, 2.24) is 0 Å². The van der Waals surface area contributed by atoms with Gasteiger partial charge in [0.25, 0.3) is 0 Å². The maximum Gasteiger partial charge on any atom is 0.307 e.